The minimum atomic E-state index is -0.0625. The summed E-state index contributed by atoms with van der Waals surface area (Å²) >= 11 is 0. The van der Waals surface area contributed by atoms with Gasteiger partial charge in [-0.15, -0.1) is 0 Å². The molecule has 0 heterocycles. The van der Waals surface area contributed by atoms with Crippen LogP contribution >= 0.6 is 0 Å². The minimum Gasteiger partial charge on any atom is -0.313 e. The van der Waals surface area contributed by atoms with Gasteiger partial charge in [-0.3, -0.25) is 24.0 Å². The molecule has 7 heteroatoms. The normalized spacial score (nSPS) is 11.3. The summed E-state index contributed by atoms with van der Waals surface area (Å²) in [5.41, 5.74) is 0. The second-order valence-corrected chi connectivity index (χ2v) is 7.51. The van der Waals surface area contributed by atoms with Gasteiger partial charge in [0.15, 0.2) is 0 Å². The lowest BCUT2D eigenvalue weighted by Gasteiger charge is -2.13. The number of hydrogen-bond donors (Lipinski definition) is 1. The summed E-state index contributed by atoms with van der Waals surface area (Å²) in [6.07, 6.45) is 1.05. The van der Waals surface area contributed by atoms with Crippen molar-refractivity contribution in [2.45, 2.75) is 68.2 Å². The molecule has 172 valence electrons. The van der Waals surface area contributed by atoms with E-state index < -0.39 is 0 Å². The van der Waals surface area contributed by atoms with Crippen molar-refractivity contribution in [1.29, 1.82) is 0 Å². The molecule has 0 fully saturated rings. The molecule has 2 atom stereocenters. The van der Waals surface area contributed by atoms with Crippen molar-refractivity contribution in [3.63, 3.8) is 0 Å². The summed E-state index contributed by atoms with van der Waals surface area (Å²) in [4.78, 5) is 53.1. The van der Waals surface area contributed by atoms with E-state index in [4.69, 9.17) is 0 Å². The van der Waals surface area contributed by atoms with Crippen LogP contribution in [0.2, 0.25) is 0 Å². The zero-order valence-electron chi connectivity index (χ0n) is 20.5. The number of Topliss-reactive ketones (excluding diaryl/α,β-unsaturated/α-hetero) is 5. The summed E-state index contributed by atoms with van der Waals surface area (Å²) in [6.45, 7) is 14.9. The van der Waals surface area contributed by atoms with E-state index in [0.29, 0.717) is 12.3 Å². The van der Waals surface area contributed by atoms with Gasteiger partial charge in [-0.05, 0) is 62.2 Å². The smallest absolute Gasteiger partial charge is 0.143 e. The van der Waals surface area contributed by atoms with Crippen molar-refractivity contribution in [2.24, 2.45) is 11.8 Å². The standard InChI is InChI=1S/C7H15NO.C6H12O.C5H8O2.C4H9NO/c1-6(7(2)9)5-8(3)4;1-4-5(2)6(3)7;1-4(6)3-5(2)7;1-4(6)3-5-2/h6H,5H2,1-4H3;5H,4H2,1-3H3;3H2,1-2H3;5H,3H2,1-2H3. The Hall–Kier alpha value is -1.73. The number of nitrogens with one attached hydrogen (secondary N) is 1. The Morgan fingerprint density at radius 3 is 1.17 bits per heavy atom. The van der Waals surface area contributed by atoms with Gasteiger partial charge in [0.25, 0.3) is 0 Å². The van der Waals surface area contributed by atoms with Crippen molar-refractivity contribution in [3.8, 4) is 0 Å². The molecule has 0 aromatic carbocycles. The molecule has 7 nitrogen and oxygen atoms in total. The van der Waals surface area contributed by atoms with Crippen LogP contribution in [-0.2, 0) is 24.0 Å². The maximum Gasteiger partial charge on any atom is 0.143 e. The van der Waals surface area contributed by atoms with Gasteiger partial charge >= 0.3 is 0 Å². The molecule has 0 aliphatic rings. The predicted octanol–water partition coefficient (Wildman–Crippen LogP) is 2.74. The Morgan fingerprint density at radius 1 is 0.759 bits per heavy atom. The summed E-state index contributed by atoms with van der Waals surface area (Å²) in [5, 5.41) is 2.72. The molecule has 0 aromatic heterocycles. The number of carbonyl (C=O) groups is 5. The number of hydrogen-bond acceptors (Lipinski definition) is 7. The zero-order valence-corrected chi connectivity index (χ0v) is 20.5. The average molecular weight is 417 g/mol. The molecule has 29 heavy (non-hydrogen) atoms. The summed E-state index contributed by atoms with van der Waals surface area (Å²) in [5.74, 6) is 1.06. The van der Waals surface area contributed by atoms with Gasteiger partial charge in [0.05, 0.1) is 13.0 Å². The third kappa shape index (κ3) is 41.7. The molecule has 0 amide bonds. The van der Waals surface area contributed by atoms with Crippen LogP contribution in [0.25, 0.3) is 0 Å². The number of ketones is 5. The molecule has 0 bridgehead atoms. The van der Waals surface area contributed by atoms with E-state index in [0.717, 1.165) is 13.0 Å². The molecular weight excluding hydrogens is 372 g/mol. The zero-order chi connectivity index (χ0) is 24.2. The first-order chi connectivity index (χ1) is 13.1. The van der Waals surface area contributed by atoms with Crippen LogP contribution in [0.3, 0.4) is 0 Å². The highest BCUT2D eigenvalue weighted by molar-refractivity contribution is 5.96. The predicted molar refractivity (Wildman–Crippen MR) is 119 cm³/mol. The Morgan fingerprint density at radius 2 is 1.14 bits per heavy atom. The van der Waals surface area contributed by atoms with Crippen molar-refractivity contribution < 1.29 is 24.0 Å². The Kier molecular flexibility index (Phi) is 27.0. The monoisotopic (exact) mass is 416 g/mol. The topological polar surface area (TPSA) is 101 Å². The molecule has 0 saturated heterocycles. The van der Waals surface area contributed by atoms with Crippen molar-refractivity contribution >= 4 is 28.9 Å². The summed E-state index contributed by atoms with van der Waals surface area (Å²) in [6, 6.07) is 0. The quantitative estimate of drug-likeness (QED) is 0.577. The highest BCUT2D eigenvalue weighted by atomic mass is 16.1. The van der Waals surface area contributed by atoms with E-state index in [1.165, 1.54) is 13.8 Å². The fourth-order valence-electron chi connectivity index (χ4n) is 1.56. The second kappa shape index (κ2) is 22.6. The van der Waals surface area contributed by atoms with Gasteiger partial charge in [-0.2, -0.15) is 0 Å². The third-order valence-electron chi connectivity index (χ3n) is 3.56. The lowest BCUT2D eigenvalue weighted by molar-refractivity contribution is -0.125. The first-order valence-electron chi connectivity index (χ1n) is 9.90. The fourth-order valence-corrected chi connectivity index (χ4v) is 1.56. The maximum atomic E-state index is 10.7. The molecule has 0 saturated carbocycles. The van der Waals surface area contributed by atoms with Gasteiger partial charge < -0.3 is 10.2 Å². The molecule has 2 unspecified atom stereocenters. The lowest BCUT2D eigenvalue weighted by Crippen LogP contribution is -2.23. The molecule has 0 aromatic rings. The van der Waals surface area contributed by atoms with E-state index in [1.54, 1.807) is 27.8 Å². The van der Waals surface area contributed by atoms with E-state index in [-0.39, 0.29) is 41.4 Å². The second-order valence-electron chi connectivity index (χ2n) is 7.51. The Labute approximate surface area is 178 Å². The number of carbonyl (C=O) groups excluding carboxylic acids is 5. The van der Waals surface area contributed by atoms with Gasteiger partial charge in [0.2, 0.25) is 0 Å². The van der Waals surface area contributed by atoms with Gasteiger partial charge in [0, 0.05) is 18.4 Å². The van der Waals surface area contributed by atoms with E-state index in [9.17, 15) is 24.0 Å². The molecular formula is C22H44N2O5. The summed E-state index contributed by atoms with van der Waals surface area (Å²) in [7, 11) is 5.69. The van der Waals surface area contributed by atoms with Crippen LogP contribution in [0.1, 0.15) is 68.2 Å². The first-order valence-corrected chi connectivity index (χ1v) is 9.90. The van der Waals surface area contributed by atoms with Crippen LogP contribution in [0.4, 0.5) is 0 Å². The average Bonchev–Trinajstić information content (AvgIpc) is 2.53. The molecule has 0 radical (unpaired) electrons. The maximum absolute atomic E-state index is 10.7. The van der Waals surface area contributed by atoms with Crippen LogP contribution in [0, 0.1) is 11.8 Å². The van der Waals surface area contributed by atoms with Gasteiger partial charge in [-0.1, -0.05) is 20.8 Å². The largest absolute Gasteiger partial charge is 0.313 e. The van der Waals surface area contributed by atoms with Crippen LogP contribution < -0.4 is 5.32 Å². The minimum absolute atomic E-state index is 0.0625. The molecule has 1 N–H and O–H groups in total. The van der Waals surface area contributed by atoms with Gasteiger partial charge in [0.1, 0.15) is 28.9 Å². The highest BCUT2D eigenvalue weighted by Gasteiger charge is 2.07. The summed E-state index contributed by atoms with van der Waals surface area (Å²) < 4.78 is 0. The van der Waals surface area contributed by atoms with Gasteiger partial charge in [-0.25, -0.2) is 0 Å². The fraction of sp³-hybridized carbons (Fsp3) is 0.773. The first kappa shape index (κ1) is 34.8. The third-order valence-corrected chi connectivity index (χ3v) is 3.56. The molecule has 0 aliphatic heterocycles. The van der Waals surface area contributed by atoms with Crippen LogP contribution in [-0.4, -0.2) is 68.0 Å². The van der Waals surface area contributed by atoms with E-state index >= 15 is 0 Å². The SMILES string of the molecule is CC(=O)C(C)CN(C)C.CC(=O)CC(C)=O.CCC(C)C(C)=O.CNCC(C)=O. The van der Waals surface area contributed by atoms with Crippen LogP contribution in [0.15, 0.2) is 0 Å². The van der Waals surface area contributed by atoms with Crippen molar-refractivity contribution in [3.05, 3.63) is 0 Å². The molecule has 0 spiro atoms. The number of likely N-dealkylation sites (N-methyl/N-ethyl adjacent to an activating group) is 1. The van der Waals surface area contributed by atoms with E-state index in [2.05, 4.69) is 5.32 Å². The highest BCUT2D eigenvalue weighted by Crippen LogP contribution is 1.99. The Balaban J connectivity index is -0.000000145. The van der Waals surface area contributed by atoms with Crippen LogP contribution in [0.5, 0.6) is 0 Å². The molecule has 0 aliphatic carbocycles. The van der Waals surface area contributed by atoms with Crippen molar-refractivity contribution in [1.82, 2.24) is 10.2 Å². The number of nitrogens with zero attached hydrogens (tertiary/aromatic N) is 1. The Bertz CT molecular complexity index is 476. The van der Waals surface area contributed by atoms with Crippen molar-refractivity contribution in [2.75, 3.05) is 34.2 Å². The molecule has 0 rings (SSSR count). The number of rotatable bonds is 9. The van der Waals surface area contributed by atoms with E-state index in [1.807, 2.05) is 39.8 Å². The lowest BCUT2D eigenvalue weighted by atomic mass is 10.1.